The van der Waals surface area contributed by atoms with Crippen molar-refractivity contribution in [1.82, 2.24) is 4.90 Å². The van der Waals surface area contributed by atoms with E-state index in [-0.39, 0.29) is 19.0 Å². The average Bonchev–Trinajstić information content (AvgIpc) is 3.29. The molecule has 17 heteroatoms. The fourth-order valence-corrected chi connectivity index (χ4v) is 4.89. The quantitative estimate of drug-likeness (QED) is 0.0431. The van der Waals surface area contributed by atoms with Crippen molar-refractivity contribution < 1.29 is 41.1 Å². The third-order valence-corrected chi connectivity index (χ3v) is 8.88. The summed E-state index contributed by atoms with van der Waals surface area (Å²) in [5.74, 6) is 0.0292. The van der Waals surface area contributed by atoms with Crippen LogP contribution in [0.5, 0.6) is 0 Å². The van der Waals surface area contributed by atoms with Crippen LogP contribution in [0.25, 0.3) is 25.0 Å². The second kappa shape index (κ2) is 33.5. The Morgan fingerprint density at radius 1 is 0.636 bits per heavy atom. The Balaban J connectivity index is -0.000000740. The lowest BCUT2D eigenvalue weighted by atomic mass is 9.97. The number of hydrogen-bond acceptors (Lipinski definition) is 10. The zero-order chi connectivity index (χ0) is 51.7. The lowest BCUT2D eigenvalue weighted by Crippen LogP contribution is -2.29. The molecule has 0 fully saturated rings. The third-order valence-electron chi connectivity index (χ3n) is 8.33. The summed E-state index contributed by atoms with van der Waals surface area (Å²) >= 11 is 0. The molecule has 0 aliphatic heterocycles. The number of ketones is 1. The number of allylic oxidation sites excluding steroid dienone is 1. The topological polar surface area (TPSA) is 176 Å². The van der Waals surface area contributed by atoms with Crippen LogP contribution in [0.3, 0.4) is 0 Å². The fraction of sp³-hybridized carbons (Fsp3) is 0.327. The molecule has 356 valence electrons. The van der Waals surface area contributed by atoms with Gasteiger partial charge in [0.15, 0.2) is 28.5 Å². The molecule has 66 heavy (non-hydrogen) atoms. The predicted octanol–water partition coefficient (Wildman–Crippen LogP) is 10.9. The molecule has 0 aliphatic rings. The summed E-state index contributed by atoms with van der Waals surface area (Å²) in [5.41, 5.74) is 3.47. The summed E-state index contributed by atoms with van der Waals surface area (Å²) in [6.45, 7) is 52.6. The van der Waals surface area contributed by atoms with Gasteiger partial charge in [0.2, 0.25) is 9.05 Å². The number of hydrogen-bond donors (Lipinski definition) is 3. The second-order valence-corrected chi connectivity index (χ2v) is 18.6. The van der Waals surface area contributed by atoms with Crippen molar-refractivity contribution in [3.05, 3.63) is 185 Å². The van der Waals surface area contributed by atoms with E-state index >= 15 is 0 Å². The second-order valence-electron chi connectivity index (χ2n) is 13.9. The maximum absolute atomic E-state index is 10.8. The number of nitrogens with zero attached hydrogens (tertiary/aromatic N) is 5. The van der Waals surface area contributed by atoms with Gasteiger partial charge in [-0.05, 0) is 64.0 Å². The van der Waals surface area contributed by atoms with Crippen LogP contribution < -0.4 is 0 Å². The fourth-order valence-electron chi connectivity index (χ4n) is 4.45. The highest BCUT2D eigenvalue weighted by Gasteiger charge is 2.25. The van der Waals surface area contributed by atoms with E-state index in [1.54, 1.807) is 84.9 Å². The Bertz CT molecular complexity index is 2370. The van der Waals surface area contributed by atoms with Crippen molar-refractivity contribution in [1.29, 1.82) is 0 Å². The van der Waals surface area contributed by atoms with Crippen molar-refractivity contribution >= 4 is 64.0 Å². The highest BCUT2D eigenvalue weighted by molar-refractivity contribution is 8.13. The summed E-state index contributed by atoms with van der Waals surface area (Å²) in [7, 11) is -2.28. The molecule has 4 aromatic carbocycles. The van der Waals surface area contributed by atoms with Gasteiger partial charge in [-0.15, -0.1) is 13.2 Å². The Hall–Kier alpha value is -6.02. The van der Waals surface area contributed by atoms with Gasteiger partial charge < -0.3 is 20.2 Å². The molecule has 0 aliphatic carbocycles. The first-order valence-corrected chi connectivity index (χ1v) is 24.3. The molecule has 0 aromatic heterocycles. The van der Waals surface area contributed by atoms with Crippen LogP contribution in [0.2, 0.25) is 0 Å². The van der Waals surface area contributed by atoms with Gasteiger partial charge in [-0.25, -0.2) is 27.8 Å². The zero-order valence-electron chi connectivity index (χ0n) is 39.1. The smallest absolute Gasteiger partial charge is 0.264 e. The maximum Gasteiger partial charge on any atom is 0.264 e. The Kier molecular flexibility index (Phi) is 32.6. The van der Waals surface area contributed by atoms with Crippen molar-refractivity contribution in [2.75, 3.05) is 45.4 Å². The third kappa shape index (κ3) is 31.0. The van der Waals surface area contributed by atoms with E-state index in [9.17, 15) is 31.8 Å². The molecule has 0 bridgehead atoms. The number of rotatable bonds is 11. The number of aliphatic hydroxyl groups excluding tert-OH is 1. The molecule has 0 amide bonds. The highest BCUT2D eigenvalue weighted by atomic mass is 35.7. The first-order valence-electron chi connectivity index (χ1n) is 19.8. The average molecular weight is 965 g/mol. The number of carbonyl (C=O) groups excluding carboxylic acids is 1. The lowest BCUT2D eigenvalue weighted by molar-refractivity contribution is -0.00227. The van der Waals surface area contributed by atoms with Crippen LogP contribution in [-0.2, 0) is 34.6 Å². The zero-order valence-corrected chi connectivity index (χ0v) is 41.5. The first kappa shape index (κ1) is 64.3. The normalized spacial score (nSPS) is 11.7. The monoisotopic (exact) mass is 963 g/mol. The summed E-state index contributed by atoms with van der Waals surface area (Å²) < 4.78 is 45.0. The van der Waals surface area contributed by atoms with Crippen molar-refractivity contribution in [2.45, 2.75) is 59.7 Å². The summed E-state index contributed by atoms with van der Waals surface area (Å²) in [6.07, 6.45) is 1.85. The van der Waals surface area contributed by atoms with Crippen LogP contribution >= 0.6 is 10.7 Å². The van der Waals surface area contributed by atoms with E-state index in [0.717, 1.165) is 23.6 Å². The van der Waals surface area contributed by atoms with Crippen molar-refractivity contribution in [3.8, 4) is 0 Å². The Morgan fingerprint density at radius 2 is 0.909 bits per heavy atom. The van der Waals surface area contributed by atoms with Crippen LogP contribution in [0.1, 0.15) is 75.5 Å². The van der Waals surface area contributed by atoms with Gasteiger partial charge in [-0.2, -0.15) is 8.42 Å². The predicted molar refractivity (Wildman–Crippen MR) is 268 cm³/mol. The Labute approximate surface area is 397 Å². The van der Waals surface area contributed by atoms with E-state index in [2.05, 4.69) is 79.7 Å². The van der Waals surface area contributed by atoms with Crippen molar-refractivity contribution in [2.24, 2.45) is 0 Å². The molecule has 0 unspecified atom stereocenters. The standard InChI is InChI=1S/C11H13NO4S.C10H11NO2.C10H9N.C9H7NO.C6H15N.C2H4.CH3ClO2S/c1-11(13,8-16-17(3,14)15)9-4-6-10(12-2)7-5-9;1-10(13,7-12)8-3-5-9(11-2)6-4-8;1-8(2)9-4-6-10(11-3)7-5-9;1-7(11)8-3-5-9(10-2)6-4-8;1-4-7(5-2)6-3;1-2;1-5(2,3)4/h4-7,13H,8H2,1,3H3;3-6,12-13H,7H2,1H3;4-7H,1H2,2H3;3-6H,1H3;4-6H2,1-3H3;1-2H2;1H3/t11-;10-;;;;;/m00...../s1. The van der Waals surface area contributed by atoms with E-state index in [4.69, 9.17) is 31.4 Å². The van der Waals surface area contributed by atoms with Crippen molar-refractivity contribution in [3.63, 3.8) is 0 Å². The van der Waals surface area contributed by atoms with Gasteiger partial charge in [0, 0.05) is 16.2 Å². The molecule has 14 nitrogen and oxygen atoms in total. The van der Waals surface area contributed by atoms with Gasteiger partial charge >= 0.3 is 0 Å². The van der Waals surface area contributed by atoms with Crippen LogP contribution in [0, 0.1) is 26.3 Å². The molecule has 0 heterocycles. The Morgan fingerprint density at radius 3 is 1.12 bits per heavy atom. The van der Waals surface area contributed by atoms with Crippen LogP contribution in [-0.4, -0.2) is 88.2 Å². The van der Waals surface area contributed by atoms with Gasteiger partial charge in [0.1, 0.15) is 11.2 Å². The molecule has 4 aromatic rings. The number of halogens is 1. The van der Waals surface area contributed by atoms with Gasteiger partial charge in [-0.1, -0.05) is 130 Å². The van der Waals surface area contributed by atoms with Crippen LogP contribution in [0.4, 0.5) is 22.7 Å². The molecule has 4 rings (SSSR count). The van der Waals surface area contributed by atoms with Crippen LogP contribution in [0.15, 0.2) is 117 Å². The molecular formula is C49H62ClN5O9S2. The van der Waals surface area contributed by atoms with E-state index in [1.807, 2.05) is 19.1 Å². The van der Waals surface area contributed by atoms with E-state index in [0.29, 0.717) is 39.4 Å². The highest BCUT2D eigenvalue weighted by Crippen LogP contribution is 2.25. The van der Waals surface area contributed by atoms with Gasteiger partial charge in [-0.3, -0.25) is 8.98 Å². The molecule has 2 atom stereocenters. The summed E-state index contributed by atoms with van der Waals surface area (Å²) in [4.78, 5) is 26.1. The molecule has 0 saturated carbocycles. The summed E-state index contributed by atoms with van der Waals surface area (Å²) in [6, 6.07) is 26.8. The first-order chi connectivity index (χ1) is 30.7. The number of Topliss-reactive ketones (excluding diaryl/α,β-unsaturated/α-hetero) is 1. The largest absolute Gasteiger partial charge is 0.393 e. The number of carbonyl (C=O) groups is 1. The number of aliphatic hydroxyl groups is 3. The minimum absolute atomic E-state index is 0.0292. The summed E-state index contributed by atoms with van der Waals surface area (Å²) in [5, 5.41) is 28.5. The SMILES string of the molecule is C=C.CCN(CC)CC.CS(=O)(=O)Cl.[C-]#[N+]c1ccc(C(=C)C)cc1.[C-]#[N+]c1ccc(C(C)=O)cc1.[C-]#[N+]c1ccc([C@@](C)(O)CO)cc1.[C-]#[N+]c1ccc([C@@](C)(O)COS(C)(=O)=O)cc1. The molecule has 0 saturated heterocycles. The molecule has 0 spiro atoms. The molecular weight excluding hydrogens is 902 g/mol. The minimum atomic E-state index is -3.59. The minimum Gasteiger partial charge on any atom is -0.393 e. The molecule has 0 radical (unpaired) electrons. The number of benzene rings is 4. The van der Waals surface area contributed by atoms with Gasteiger partial charge in [0.05, 0.1) is 52.0 Å². The van der Waals surface area contributed by atoms with E-state index < -0.39 is 30.4 Å². The molecule has 3 N–H and O–H groups in total. The van der Waals surface area contributed by atoms with Gasteiger partial charge in [0.25, 0.3) is 10.1 Å². The lowest BCUT2D eigenvalue weighted by Gasteiger charge is -2.22. The maximum atomic E-state index is 10.8. The van der Waals surface area contributed by atoms with E-state index in [1.165, 1.54) is 40.4 Å².